The van der Waals surface area contributed by atoms with Crippen LogP contribution in [0.5, 0.6) is 11.5 Å². The third kappa shape index (κ3) is 3.29. The number of aromatic nitrogens is 2. The molecule has 0 bridgehead atoms. The average molecular weight is 356 g/mol. The monoisotopic (exact) mass is 356 g/mol. The van der Waals surface area contributed by atoms with Gasteiger partial charge in [0.15, 0.2) is 0 Å². The first-order valence-corrected chi connectivity index (χ1v) is 8.73. The van der Waals surface area contributed by atoms with Crippen molar-refractivity contribution in [3.05, 3.63) is 78.9 Å². The molecule has 0 spiro atoms. The van der Waals surface area contributed by atoms with Gasteiger partial charge in [0.05, 0.1) is 31.2 Å². The van der Waals surface area contributed by atoms with Gasteiger partial charge in [-0.25, -0.2) is 4.98 Å². The zero-order valence-corrected chi connectivity index (χ0v) is 15.3. The maximum Gasteiger partial charge on any atom is 0.142 e. The molecule has 1 heterocycles. The van der Waals surface area contributed by atoms with E-state index in [0.717, 1.165) is 39.7 Å². The third-order valence-electron chi connectivity index (χ3n) is 4.48. The molecule has 1 aromatic heterocycles. The average Bonchev–Trinajstić information content (AvgIpc) is 3.19. The first-order valence-electron chi connectivity index (χ1n) is 8.73. The number of rotatable bonds is 5. The topological polar surface area (TPSA) is 47.1 Å². The summed E-state index contributed by atoms with van der Waals surface area (Å²) in [6, 6.07) is 26.1. The summed E-state index contributed by atoms with van der Waals surface area (Å²) in [5, 5.41) is 0. The Bertz CT molecular complexity index is 984. The normalized spacial score (nSPS) is 10.6. The maximum atomic E-state index is 5.56. The van der Waals surface area contributed by atoms with Crippen LogP contribution < -0.4 is 9.47 Å². The number of benzene rings is 3. The summed E-state index contributed by atoms with van der Waals surface area (Å²) in [6.07, 6.45) is 0. The highest BCUT2D eigenvalue weighted by atomic mass is 16.5. The molecule has 3 aromatic carbocycles. The molecule has 4 rings (SSSR count). The van der Waals surface area contributed by atoms with Crippen LogP contribution in [0.1, 0.15) is 0 Å². The van der Waals surface area contributed by atoms with Crippen LogP contribution in [0.15, 0.2) is 78.9 Å². The standard InChI is InChI=1S/C23H20N2O2/c1-26-18-13-14-19(20(15-18)27-2)23-24-21(16-9-5-3-6-10-16)22(25-23)17-11-7-4-8-12-17/h3-15H,1-2H3,(H,24,25). The van der Waals surface area contributed by atoms with Crippen molar-refractivity contribution >= 4 is 0 Å². The molecule has 0 saturated carbocycles. The molecular weight excluding hydrogens is 336 g/mol. The van der Waals surface area contributed by atoms with Crippen LogP contribution >= 0.6 is 0 Å². The molecule has 0 atom stereocenters. The summed E-state index contributed by atoms with van der Waals surface area (Å²) in [5.41, 5.74) is 4.93. The Kier molecular flexibility index (Phi) is 4.62. The lowest BCUT2D eigenvalue weighted by atomic mass is 10.1. The molecule has 4 nitrogen and oxygen atoms in total. The van der Waals surface area contributed by atoms with Crippen LogP contribution in [-0.2, 0) is 0 Å². The molecule has 0 radical (unpaired) electrons. The Hall–Kier alpha value is -3.53. The summed E-state index contributed by atoms with van der Waals surface area (Å²) in [6.45, 7) is 0. The second-order valence-corrected chi connectivity index (χ2v) is 6.11. The molecule has 0 aliphatic heterocycles. The van der Waals surface area contributed by atoms with Crippen LogP contribution in [0, 0.1) is 0 Å². The van der Waals surface area contributed by atoms with Crippen LogP contribution in [-0.4, -0.2) is 24.2 Å². The number of nitrogens with zero attached hydrogens (tertiary/aromatic N) is 1. The van der Waals surface area contributed by atoms with Gasteiger partial charge in [-0.05, 0) is 12.1 Å². The van der Waals surface area contributed by atoms with Crippen LogP contribution in [0.2, 0.25) is 0 Å². The van der Waals surface area contributed by atoms with E-state index in [1.807, 2.05) is 54.6 Å². The SMILES string of the molecule is COc1ccc(-c2nc(-c3ccccc3)c(-c3ccccc3)[nH]2)c(OC)c1. The van der Waals surface area contributed by atoms with Gasteiger partial charge in [-0.15, -0.1) is 0 Å². The summed E-state index contributed by atoms with van der Waals surface area (Å²) < 4.78 is 10.9. The van der Waals surface area contributed by atoms with Crippen LogP contribution in [0.25, 0.3) is 33.9 Å². The van der Waals surface area contributed by atoms with Crippen molar-refractivity contribution < 1.29 is 9.47 Å². The van der Waals surface area contributed by atoms with Gasteiger partial charge in [-0.3, -0.25) is 0 Å². The molecule has 0 fully saturated rings. The minimum absolute atomic E-state index is 0.710. The van der Waals surface area contributed by atoms with E-state index in [9.17, 15) is 0 Å². The Labute approximate surface area is 158 Å². The van der Waals surface area contributed by atoms with Gasteiger partial charge < -0.3 is 14.5 Å². The lowest BCUT2D eigenvalue weighted by molar-refractivity contribution is 0.395. The van der Waals surface area contributed by atoms with E-state index in [0.29, 0.717) is 5.75 Å². The molecule has 27 heavy (non-hydrogen) atoms. The van der Waals surface area contributed by atoms with Gasteiger partial charge in [-0.1, -0.05) is 60.7 Å². The quantitative estimate of drug-likeness (QED) is 0.519. The lowest BCUT2D eigenvalue weighted by Crippen LogP contribution is -1.91. The molecule has 134 valence electrons. The minimum atomic E-state index is 0.710. The zero-order chi connectivity index (χ0) is 18.6. The first kappa shape index (κ1) is 16.9. The Morgan fingerprint density at radius 3 is 2.04 bits per heavy atom. The molecule has 0 saturated heterocycles. The Balaban J connectivity index is 1.90. The van der Waals surface area contributed by atoms with Crippen LogP contribution in [0.4, 0.5) is 0 Å². The fourth-order valence-electron chi connectivity index (χ4n) is 3.11. The van der Waals surface area contributed by atoms with E-state index in [2.05, 4.69) is 29.2 Å². The highest BCUT2D eigenvalue weighted by Gasteiger charge is 2.17. The first-order chi connectivity index (χ1) is 13.3. The summed E-state index contributed by atoms with van der Waals surface area (Å²) in [4.78, 5) is 8.41. The minimum Gasteiger partial charge on any atom is -0.497 e. The second kappa shape index (κ2) is 7.38. The largest absolute Gasteiger partial charge is 0.497 e. The van der Waals surface area contributed by atoms with Gasteiger partial charge in [0.25, 0.3) is 0 Å². The number of methoxy groups -OCH3 is 2. The summed E-state index contributed by atoms with van der Waals surface area (Å²) >= 11 is 0. The third-order valence-corrected chi connectivity index (χ3v) is 4.48. The second-order valence-electron chi connectivity index (χ2n) is 6.11. The fraction of sp³-hybridized carbons (Fsp3) is 0.0870. The lowest BCUT2D eigenvalue weighted by Gasteiger charge is -2.08. The van der Waals surface area contributed by atoms with E-state index < -0.39 is 0 Å². The fourth-order valence-corrected chi connectivity index (χ4v) is 3.11. The number of hydrogen-bond donors (Lipinski definition) is 1. The summed E-state index contributed by atoms with van der Waals surface area (Å²) in [5.74, 6) is 2.21. The van der Waals surface area contributed by atoms with Gasteiger partial charge >= 0.3 is 0 Å². The van der Waals surface area contributed by atoms with Crippen molar-refractivity contribution in [3.8, 4) is 45.4 Å². The smallest absolute Gasteiger partial charge is 0.142 e. The summed E-state index contributed by atoms with van der Waals surface area (Å²) in [7, 11) is 3.29. The van der Waals surface area contributed by atoms with E-state index in [-0.39, 0.29) is 0 Å². The number of H-pyrrole nitrogens is 1. The van der Waals surface area contributed by atoms with Crippen molar-refractivity contribution in [1.82, 2.24) is 9.97 Å². The molecule has 0 amide bonds. The van der Waals surface area contributed by atoms with Crippen LogP contribution in [0.3, 0.4) is 0 Å². The van der Waals surface area contributed by atoms with Gasteiger partial charge in [0.2, 0.25) is 0 Å². The van der Waals surface area contributed by atoms with Crippen molar-refractivity contribution in [3.63, 3.8) is 0 Å². The van der Waals surface area contributed by atoms with E-state index in [1.165, 1.54) is 0 Å². The van der Waals surface area contributed by atoms with E-state index >= 15 is 0 Å². The predicted molar refractivity (Wildman–Crippen MR) is 108 cm³/mol. The molecule has 4 heteroatoms. The van der Waals surface area contributed by atoms with Gasteiger partial charge in [-0.2, -0.15) is 0 Å². The number of imidazole rings is 1. The Morgan fingerprint density at radius 2 is 1.41 bits per heavy atom. The van der Waals surface area contributed by atoms with Gasteiger partial charge in [0.1, 0.15) is 17.3 Å². The van der Waals surface area contributed by atoms with Gasteiger partial charge in [0, 0.05) is 17.2 Å². The highest BCUT2D eigenvalue weighted by Crippen LogP contribution is 2.37. The predicted octanol–water partition coefficient (Wildman–Crippen LogP) is 5.43. The van der Waals surface area contributed by atoms with Crippen molar-refractivity contribution in [2.45, 2.75) is 0 Å². The number of aromatic amines is 1. The zero-order valence-electron chi connectivity index (χ0n) is 15.3. The molecule has 1 N–H and O–H groups in total. The van der Waals surface area contributed by atoms with Crippen molar-refractivity contribution in [2.24, 2.45) is 0 Å². The molecule has 0 aliphatic rings. The molecular formula is C23H20N2O2. The Morgan fingerprint density at radius 1 is 0.741 bits per heavy atom. The van der Waals surface area contributed by atoms with E-state index in [4.69, 9.17) is 14.5 Å². The highest BCUT2D eigenvalue weighted by molar-refractivity contribution is 5.82. The maximum absolute atomic E-state index is 5.56. The molecule has 0 aliphatic carbocycles. The number of ether oxygens (including phenoxy) is 2. The number of nitrogens with one attached hydrogen (secondary N) is 1. The number of hydrogen-bond acceptors (Lipinski definition) is 3. The van der Waals surface area contributed by atoms with Crippen molar-refractivity contribution in [1.29, 1.82) is 0 Å². The van der Waals surface area contributed by atoms with Crippen molar-refractivity contribution in [2.75, 3.05) is 14.2 Å². The molecule has 0 unspecified atom stereocenters. The molecule has 4 aromatic rings. The van der Waals surface area contributed by atoms with E-state index in [1.54, 1.807) is 14.2 Å².